The van der Waals surface area contributed by atoms with Crippen molar-refractivity contribution in [3.05, 3.63) is 0 Å². The van der Waals surface area contributed by atoms with E-state index in [9.17, 15) is 9.59 Å². The van der Waals surface area contributed by atoms with Gasteiger partial charge in [-0.05, 0) is 52.4 Å². The highest BCUT2D eigenvalue weighted by molar-refractivity contribution is 5.78. The molecule has 1 aliphatic heterocycles. The summed E-state index contributed by atoms with van der Waals surface area (Å²) in [5, 5.41) is 3.05. The highest BCUT2D eigenvalue weighted by Crippen LogP contribution is 2.30. The summed E-state index contributed by atoms with van der Waals surface area (Å²) in [5.41, 5.74) is -0.568. The van der Waals surface area contributed by atoms with Gasteiger partial charge in [-0.3, -0.25) is 4.79 Å². The van der Waals surface area contributed by atoms with Crippen LogP contribution in [0.2, 0.25) is 0 Å². The number of Topliss-reactive ketones (excluding diaryl/α,β-unsaturated/α-hetero) is 1. The highest BCUT2D eigenvalue weighted by atomic mass is 16.7. The first-order chi connectivity index (χ1) is 13.8. The largest absolute Gasteiger partial charge is 0.444 e. The van der Waals surface area contributed by atoms with E-state index in [1.165, 1.54) is 32.1 Å². The van der Waals surface area contributed by atoms with Gasteiger partial charge in [-0.15, -0.1) is 0 Å². The van der Waals surface area contributed by atoms with Crippen LogP contribution in [0.1, 0.15) is 98.3 Å². The average molecular weight is 412 g/mol. The number of nitrogens with one attached hydrogen (secondary N) is 1. The maximum atomic E-state index is 12.6. The number of alkyl carbamates (subject to hydrolysis) is 1. The minimum absolute atomic E-state index is 0.144. The molecule has 1 amide bonds. The molecule has 0 radical (unpaired) electrons. The van der Waals surface area contributed by atoms with Crippen LogP contribution in [0.15, 0.2) is 0 Å². The lowest BCUT2D eigenvalue weighted by Crippen LogP contribution is -2.49. The lowest BCUT2D eigenvalue weighted by molar-refractivity contribution is -0.196. The van der Waals surface area contributed by atoms with E-state index in [1.807, 2.05) is 27.7 Å². The molecule has 1 heterocycles. The second-order valence-corrected chi connectivity index (χ2v) is 9.56. The van der Waals surface area contributed by atoms with E-state index in [0.717, 1.165) is 25.7 Å². The molecule has 0 aromatic rings. The quantitative estimate of drug-likeness (QED) is 0.569. The van der Waals surface area contributed by atoms with Gasteiger partial charge in [-0.1, -0.05) is 39.0 Å². The summed E-state index contributed by atoms with van der Waals surface area (Å²) in [5.74, 6) is 0.684. The van der Waals surface area contributed by atoms with Crippen molar-refractivity contribution in [3.63, 3.8) is 0 Å². The first-order valence-electron chi connectivity index (χ1n) is 11.5. The molecule has 0 aromatic carbocycles. The lowest BCUT2D eigenvalue weighted by Gasteiger charge is -2.35. The summed E-state index contributed by atoms with van der Waals surface area (Å²) in [4.78, 5) is 24.9. The van der Waals surface area contributed by atoms with Crippen molar-refractivity contribution in [2.45, 2.75) is 122 Å². The summed E-state index contributed by atoms with van der Waals surface area (Å²) < 4.78 is 17.6. The Kier molecular flexibility index (Phi) is 9.90. The maximum absolute atomic E-state index is 12.6. The van der Waals surface area contributed by atoms with Crippen LogP contribution in [-0.2, 0) is 19.0 Å². The van der Waals surface area contributed by atoms with E-state index in [4.69, 9.17) is 14.2 Å². The molecule has 29 heavy (non-hydrogen) atoms. The fourth-order valence-electron chi connectivity index (χ4n) is 4.21. The summed E-state index contributed by atoms with van der Waals surface area (Å²) in [6.45, 7) is 8.12. The minimum Gasteiger partial charge on any atom is -0.444 e. The summed E-state index contributed by atoms with van der Waals surface area (Å²) in [7, 11) is 0. The van der Waals surface area contributed by atoms with E-state index >= 15 is 0 Å². The van der Waals surface area contributed by atoms with Crippen LogP contribution in [-0.4, -0.2) is 42.5 Å². The van der Waals surface area contributed by atoms with Gasteiger partial charge in [0.05, 0.1) is 12.1 Å². The third-order valence-corrected chi connectivity index (χ3v) is 5.75. The number of amides is 1. The summed E-state index contributed by atoms with van der Waals surface area (Å²) in [6, 6.07) is -0.256. The molecule has 2 rings (SSSR count). The molecule has 6 nitrogen and oxygen atoms in total. The number of hydrogen-bond donors (Lipinski definition) is 1. The van der Waals surface area contributed by atoms with Gasteiger partial charge >= 0.3 is 6.09 Å². The molecule has 1 aliphatic carbocycles. The van der Waals surface area contributed by atoms with E-state index in [0.29, 0.717) is 25.4 Å². The Morgan fingerprint density at radius 1 is 1.07 bits per heavy atom. The molecule has 0 bridgehead atoms. The SMILES string of the molecule is CCC(=O)C[C@H](OC1CCCCO1)[C@H](CC1CCCCC1)NC(=O)OC(C)(C)C. The van der Waals surface area contributed by atoms with E-state index in [2.05, 4.69) is 5.32 Å². The van der Waals surface area contributed by atoms with E-state index in [1.54, 1.807) is 0 Å². The molecule has 1 unspecified atom stereocenters. The first-order valence-corrected chi connectivity index (χ1v) is 11.5. The number of ether oxygens (including phenoxy) is 3. The van der Waals surface area contributed by atoms with Gasteiger partial charge in [0, 0.05) is 19.4 Å². The average Bonchev–Trinajstić information content (AvgIpc) is 2.67. The molecule has 2 fully saturated rings. The molecule has 1 N–H and O–H groups in total. The summed E-state index contributed by atoms with van der Waals surface area (Å²) in [6.07, 6.45) is 9.46. The fraction of sp³-hybridized carbons (Fsp3) is 0.913. The van der Waals surface area contributed by atoms with Gasteiger partial charge in [0.1, 0.15) is 11.4 Å². The highest BCUT2D eigenvalue weighted by Gasteiger charge is 2.33. The van der Waals surface area contributed by atoms with Crippen LogP contribution in [0.4, 0.5) is 4.79 Å². The van der Waals surface area contributed by atoms with Gasteiger partial charge in [-0.2, -0.15) is 0 Å². The molecule has 0 aromatic heterocycles. The van der Waals surface area contributed by atoms with Crippen molar-refractivity contribution in [1.29, 1.82) is 0 Å². The molecule has 6 heteroatoms. The maximum Gasteiger partial charge on any atom is 0.407 e. The first kappa shape index (κ1) is 24.1. The second kappa shape index (κ2) is 11.9. The van der Waals surface area contributed by atoms with Gasteiger partial charge in [-0.25, -0.2) is 4.79 Å². The van der Waals surface area contributed by atoms with Gasteiger partial charge in [0.2, 0.25) is 0 Å². The fourth-order valence-corrected chi connectivity index (χ4v) is 4.21. The Bertz CT molecular complexity index is 504. The predicted octanol–water partition coefficient (Wildman–Crippen LogP) is 5.13. The van der Waals surface area contributed by atoms with Crippen molar-refractivity contribution in [3.8, 4) is 0 Å². The van der Waals surface area contributed by atoms with Crippen molar-refractivity contribution < 1.29 is 23.8 Å². The Hall–Kier alpha value is -1.14. The number of ketones is 1. The zero-order chi connectivity index (χ0) is 21.3. The monoisotopic (exact) mass is 411 g/mol. The topological polar surface area (TPSA) is 73.9 Å². The number of carbonyl (C=O) groups is 2. The van der Waals surface area contributed by atoms with Crippen molar-refractivity contribution in [1.82, 2.24) is 5.32 Å². The number of rotatable bonds is 9. The van der Waals surface area contributed by atoms with E-state index in [-0.39, 0.29) is 24.2 Å². The van der Waals surface area contributed by atoms with Gasteiger partial charge < -0.3 is 19.5 Å². The third-order valence-electron chi connectivity index (χ3n) is 5.75. The number of carbonyl (C=O) groups excluding carboxylic acids is 2. The van der Waals surface area contributed by atoms with Crippen LogP contribution in [0.3, 0.4) is 0 Å². The zero-order valence-corrected chi connectivity index (χ0v) is 18.8. The van der Waals surface area contributed by atoms with Crippen LogP contribution in [0.25, 0.3) is 0 Å². The Labute approximate surface area is 176 Å². The second-order valence-electron chi connectivity index (χ2n) is 9.56. The van der Waals surface area contributed by atoms with Crippen LogP contribution < -0.4 is 5.32 Å². The standard InChI is InChI=1S/C23H41NO5/c1-5-18(25)16-20(28-21-13-9-10-14-27-21)19(15-17-11-7-6-8-12-17)24-22(26)29-23(2,3)4/h17,19-21H,5-16H2,1-4H3,(H,24,26)/t19-,20-,21?/m0/s1. The smallest absolute Gasteiger partial charge is 0.407 e. The predicted molar refractivity (Wildman–Crippen MR) is 113 cm³/mol. The van der Waals surface area contributed by atoms with Gasteiger partial charge in [0.15, 0.2) is 6.29 Å². The van der Waals surface area contributed by atoms with Crippen molar-refractivity contribution in [2.24, 2.45) is 5.92 Å². The Morgan fingerprint density at radius 2 is 1.76 bits per heavy atom. The van der Waals surface area contributed by atoms with Crippen molar-refractivity contribution in [2.75, 3.05) is 6.61 Å². The molecule has 1 saturated heterocycles. The van der Waals surface area contributed by atoms with Crippen LogP contribution >= 0.6 is 0 Å². The Balaban J connectivity index is 2.12. The molecule has 2 aliphatic rings. The molecular weight excluding hydrogens is 370 g/mol. The molecule has 1 saturated carbocycles. The Morgan fingerprint density at radius 3 is 2.34 bits per heavy atom. The van der Waals surface area contributed by atoms with Crippen LogP contribution in [0.5, 0.6) is 0 Å². The van der Waals surface area contributed by atoms with Crippen LogP contribution in [0, 0.1) is 5.92 Å². The third kappa shape index (κ3) is 9.47. The molecule has 3 atom stereocenters. The van der Waals surface area contributed by atoms with E-state index < -0.39 is 11.7 Å². The minimum atomic E-state index is -0.568. The molecule has 168 valence electrons. The zero-order valence-electron chi connectivity index (χ0n) is 18.8. The summed E-state index contributed by atoms with van der Waals surface area (Å²) >= 11 is 0. The number of hydrogen-bond acceptors (Lipinski definition) is 5. The molecular formula is C23H41NO5. The molecule has 0 spiro atoms. The van der Waals surface area contributed by atoms with Crippen molar-refractivity contribution >= 4 is 11.9 Å². The lowest BCUT2D eigenvalue weighted by atomic mass is 9.83. The van der Waals surface area contributed by atoms with Gasteiger partial charge in [0.25, 0.3) is 0 Å². The normalized spacial score (nSPS) is 23.2.